The first-order valence-electron chi connectivity index (χ1n) is 5.72. The molecule has 0 saturated carbocycles. The number of rotatable bonds is 3. The highest BCUT2D eigenvalue weighted by molar-refractivity contribution is 9.10. The lowest BCUT2D eigenvalue weighted by molar-refractivity contribution is 0.514. The summed E-state index contributed by atoms with van der Waals surface area (Å²) < 4.78 is 54.0. The molecule has 2 aromatic rings. The first kappa shape index (κ1) is 15.0. The summed E-state index contributed by atoms with van der Waals surface area (Å²) in [6.45, 7) is 0. The molecule has 0 aliphatic heterocycles. The van der Waals surface area contributed by atoms with Gasteiger partial charge in [0.05, 0.1) is 0 Å². The van der Waals surface area contributed by atoms with Crippen LogP contribution in [0.2, 0.25) is 0 Å². The van der Waals surface area contributed by atoms with Gasteiger partial charge >= 0.3 is 0 Å². The van der Waals surface area contributed by atoms with Crippen molar-refractivity contribution in [2.75, 3.05) is 0 Å². The van der Waals surface area contributed by atoms with Crippen LogP contribution in [0.25, 0.3) is 0 Å². The van der Waals surface area contributed by atoms with Crippen molar-refractivity contribution in [1.29, 1.82) is 0 Å². The summed E-state index contributed by atoms with van der Waals surface area (Å²) >= 11 is 2.96. The van der Waals surface area contributed by atoms with E-state index in [1.54, 1.807) is 0 Å². The van der Waals surface area contributed by atoms with Crippen LogP contribution in [0.3, 0.4) is 0 Å². The predicted molar refractivity (Wildman–Crippen MR) is 71.0 cm³/mol. The van der Waals surface area contributed by atoms with Gasteiger partial charge in [-0.05, 0) is 30.2 Å². The molecule has 1 nitrogen and oxygen atoms in total. The number of hydrogen-bond acceptors (Lipinski definition) is 1. The van der Waals surface area contributed by atoms with Crippen LogP contribution in [0, 0.1) is 23.3 Å². The van der Waals surface area contributed by atoms with E-state index >= 15 is 0 Å². The molecule has 20 heavy (non-hydrogen) atoms. The molecule has 0 radical (unpaired) electrons. The minimum Gasteiger partial charge on any atom is -0.323 e. The molecule has 1 unspecified atom stereocenters. The van der Waals surface area contributed by atoms with Crippen LogP contribution in [0.15, 0.2) is 34.8 Å². The molecule has 2 N–H and O–H groups in total. The zero-order valence-corrected chi connectivity index (χ0v) is 11.7. The van der Waals surface area contributed by atoms with Crippen molar-refractivity contribution >= 4 is 15.9 Å². The largest absolute Gasteiger partial charge is 0.323 e. The van der Waals surface area contributed by atoms with Crippen LogP contribution in [-0.2, 0) is 6.42 Å². The highest BCUT2D eigenvalue weighted by Gasteiger charge is 2.19. The van der Waals surface area contributed by atoms with Crippen LogP contribution in [0.5, 0.6) is 0 Å². The normalized spacial score (nSPS) is 12.5. The molecular formula is C14H10BrF4N. The Kier molecular flexibility index (Phi) is 4.45. The van der Waals surface area contributed by atoms with E-state index < -0.39 is 29.3 Å². The summed E-state index contributed by atoms with van der Waals surface area (Å²) in [6, 6.07) is 4.08. The lowest BCUT2D eigenvalue weighted by atomic mass is 9.98. The Balaban J connectivity index is 2.31. The van der Waals surface area contributed by atoms with E-state index in [0.717, 1.165) is 18.2 Å². The Morgan fingerprint density at radius 1 is 0.950 bits per heavy atom. The third kappa shape index (κ3) is 3.19. The van der Waals surface area contributed by atoms with E-state index in [1.807, 2.05) is 0 Å². The maximum absolute atomic E-state index is 13.7. The fourth-order valence-electron chi connectivity index (χ4n) is 1.93. The zero-order valence-electron chi connectivity index (χ0n) is 10.1. The maximum Gasteiger partial charge on any atom is 0.132 e. The minimum absolute atomic E-state index is 0.0978. The van der Waals surface area contributed by atoms with Gasteiger partial charge in [-0.25, -0.2) is 17.6 Å². The summed E-state index contributed by atoms with van der Waals surface area (Å²) in [7, 11) is 0. The van der Waals surface area contributed by atoms with Crippen LogP contribution >= 0.6 is 15.9 Å². The lowest BCUT2D eigenvalue weighted by Crippen LogP contribution is -2.17. The Morgan fingerprint density at radius 3 is 2.10 bits per heavy atom. The predicted octanol–water partition coefficient (Wildman–Crippen LogP) is 4.25. The Bertz CT molecular complexity index is 622. The topological polar surface area (TPSA) is 26.0 Å². The molecule has 106 valence electrons. The molecule has 0 amide bonds. The van der Waals surface area contributed by atoms with Gasteiger partial charge in [-0.15, -0.1) is 0 Å². The second-order valence-electron chi connectivity index (χ2n) is 4.33. The molecule has 0 saturated heterocycles. The second-order valence-corrected chi connectivity index (χ2v) is 5.25. The van der Waals surface area contributed by atoms with Gasteiger partial charge in [0.2, 0.25) is 0 Å². The maximum atomic E-state index is 13.7. The molecule has 0 bridgehead atoms. The van der Waals surface area contributed by atoms with Crippen molar-refractivity contribution in [2.45, 2.75) is 12.5 Å². The van der Waals surface area contributed by atoms with Crippen molar-refractivity contribution in [3.05, 3.63) is 69.2 Å². The monoisotopic (exact) mass is 347 g/mol. The Hall–Kier alpha value is -1.40. The molecule has 6 heteroatoms. The number of nitrogens with two attached hydrogens (primary N) is 1. The number of halogens is 5. The van der Waals surface area contributed by atoms with Gasteiger partial charge in [0.1, 0.15) is 23.3 Å². The van der Waals surface area contributed by atoms with Gasteiger partial charge in [0.25, 0.3) is 0 Å². The van der Waals surface area contributed by atoms with Crippen molar-refractivity contribution in [1.82, 2.24) is 0 Å². The SMILES string of the molecule is NC(Cc1ccc(F)cc1F)c1c(F)cc(Br)cc1F. The Morgan fingerprint density at radius 2 is 1.55 bits per heavy atom. The molecule has 1 atom stereocenters. The van der Waals surface area contributed by atoms with Crippen molar-refractivity contribution in [3.63, 3.8) is 0 Å². The molecule has 0 aliphatic rings. The van der Waals surface area contributed by atoms with E-state index in [2.05, 4.69) is 15.9 Å². The summed E-state index contributed by atoms with van der Waals surface area (Å²) in [5.74, 6) is -3.14. The summed E-state index contributed by atoms with van der Waals surface area (Å²) in [5.41, 5.74) is 5.51. The van der Waals surface area contributed by atoms with Gasteiger partial charge in [0.15, 0.2) is 0 Å². The molecular weight excluding hydrogens is 338 g/mol. The third-order valence-electron chi connectivity index (χ3n) is 2.87. The van der Waals surface area contributed by atoms with E-state index in [9.17, 15) is 17.6 Å². The smallest absolute Gasteiger partial charge is 0.132 e. The second kappa shape index (κ2) is 5.93. The van der Waals surface area contributed by atoms with E-state index in [0.29, 0.717) is 6.07 Å². The molecule has 0 spiro atoms. The van der Waals surface area contributed by atoms with E-state index in [4.69, 9.17) is 5.73 Å². The Labute approximate surface area is 121 Å². The summed E-state index contributed by atoms with van der Waals surface area (Å²) in [4.78, 5) is 0. The first-order valence-corrected chi connectivity index (χ1v) is 6.51. The van der Waals surface area contributed by atoms with Crippen molar-refractivity contribution in [2.24, 2.45) is 5.73 Å². The molecule has 2 rings (SSSR count). The molecule has 0 fully saturated rings. The first-order chi connectivity index (χ1) is 9.38. The fraction of sp³-hybridized carbons (Fsp3) is 0.143. The molecule has 2 aromatic carbocycles. The number of hydrogen-bond donors (Lipinski definition) is 1. The lowest BCUT2D eigenvalue weighted by Gasteiger charge is -2.15. The van der Waals surface area contributed by atoms with Crippen LogP contribution in [0.4, 0.5) is 17.6 Å². The van der Waals surface area contributed by atoms with Gasteiger partial charge in [0, 0.05) is 22.1 Å². The average Bonchev–Trinajstić information content (AvgIpc) is 2.31. The molecule has 0 heterocycles. The van der Waals surface area contributed by atoms with Gasteiger partial charge in [-0.3, -0.25) is 0 Å². The zero-order chi connectivity index (χ0) is 14.9. The van der Waals surface area contributed by atoms with Crippen molar-refractivity contribution < 1.29 is 17.6 Å². The highest BCUT2D eigenvalue weighted by Crippen LogP contribution is 2.26. The summed E-state index contributed by atoms with van der Waals surface area (Å²) in [6.07, 6.45) is -0.137. The van der Waals surface area contributed by atoms with Gasteiger partial charge < -0.3 is 5.73 Å². The third-order valence-corrected chi connectivity index (χ3v) is 3.33. The van der Waals surface area contributed by atoms with E-state index in [-0.39, 0.29) is 22.0 Å². The van der Waals surface area contributed by atoms with Crippen LogP contribution in [-0.4, -0.2) is 0 Å². The van der Waals surface area contributed by atoms with E-state index in [1.165, 1.54) is 6.07 Å². The highest BCUT2D eigenvalue weighted by atomic mass is 79.9. The standard InChI is InChI=1S/C14H10BrF4N/c15-8-4-11(18)14(12(19)5-8)13(20)3-7-1-2-9(16)6-10(7)17/h1-2,4-6,13H,3,20H2. The molecule has 0 aromatic heterocycles. The average molecular weight is 348 g/mol. The fourth-order valence-corrected chi connectivity index (χ4v) is 2.34. The minimum atomic E-state index is -1.07. The van der Waals surface area contributed by atoms with Gasteiger partial charge in [-0.2, -0.15) is 0 Å². The number of benzene rings is 2. The van der Waals surface area contributed by atoms with Crippen LogP contribution < -0.4 is 5.73 Å². The van der Waals surface area contributed by atoms with Gasteiger partial charge in [-0.1, -0.05) is 22.0 Å². The van der Waals surface area contributed by atoms with Crippen LogP contribution in [0.1, 0.15) is 17.2 Å². The van der Waals surface area contributed by atoms with Crippen molar-refractivity contribution in [3.8, 4) is 0 Å². The summed E-state index contributed by atoms with van der Waals surface area (Å²) in [5, 5.41) is 0. The molecule has 0 aliphatic carbocycles. The quantitative estimate of drug-likeness (QED) is 0.825.